The van der Waals surface area contributed by atoms with Crippen molar-refractivity contribution in [3.05, 3.63) is 88.7 Å². The molecule has 1 amide bonds. The average molecular weight is 483 g/mol. The van der Waals surface area contributed by atoms with Gasteiger partial charge in [-0.05, 0) is 60.4 Å². The Morgan fingerprint density at radius 1 is 1.00 bits per heavy atom. The lowest BCUT2D eigenvalue weighted by atomic mass is 9.89. The van der Waals surface area contributed by atoms with Gasteiger partial charge in [-0.15, -0.1) is 0 Å². The second-order valence-electron chi connectivity index (χ2n) is 8.12. The Balaban J connectivity index is 1.39. The molecular formula is C25H23ClN2O4S. The number of benzene rings is 2. The Morgan fingerprint density at radius 2 is 1.67 bits per heavy atom. The van der Waals surface area contributed by atoms with E-state index in [0.717, 1.165) is 18.4 Å². The van der Waals surface area contributed by atoms with Crippen LogP contribution in [0.5, 0.6) is 0 Å². The zero-order valence-corrected chi connectivity index (χ0v) is 19.6. The van der Waals surface area contributed by atoms with Gasteiger partial charge >= 0.3 is 0 Å². The first-order valence-electron chi connectivity index (χ1n) is 10.6. The quantitative estimate of drug-likeness (QED) is 0.473. The first kappa shape index (κ1) is 23.1. The molecule has 0 bridgehead atoms. The number of carbonyl (C=O) groups is 2. The predicted octanol–water partition coefficient (Wildman–Crippen LogP) is 4.62. The number of carbonyl (C=O) groups excluding carboxylic acids is 2. The molecule has 1 aromatic heterocycles. The van der Waals surface area contributed by atoms with Gasteiger partial charge in [-0.3, -0.25) is 14.6 Å². The summed E-state index contributed by atoms with van der Waals surface area (Å²) >= 11 is 5.96. The van der Waals surface area contributed by atoms with Crippen molar-refractivity contribution < 1.29 is 18.0 Å². The van der Waals surface area contributed by atoms with Gasteiger partial charge < -0.3 is 5.32 Å². The van der Waals surface area contributed by atoms with Gasteiger partial charge in [0, 0.05) is 5.02 Å². The topological polar surface area (TPSA) is 93.2 Å². The number of Topliss-reactive ketones (excluding diaryl/α,β-unsaturated/α-hetero) is 1. The number of nitrogens with zero attached hydrogens (tertiary/aromatic N) is 1. The highest BCUT2D eigenvalue weighted by Crippen LogP contribution is 2.50. The van der Waals surface area contributed by atoms with Gasteiger partial charge in [0.2, 0.25) is 5.91 Å². The van der Waals surface area contributed by atoms with Crippen LogP contribution in [0.2, 0.25) is 5.02 Å². The van der Waals surface area contributed by atoms with E-state index in [2.05, 4.69) is 10.3 Å². The number of halogens is 1. The lowest BCUT2D eigenvalue weighted by Crippen LogP contribution is -2.22. The van der Waals surface area contributed by atoms with Crippen molar-refractivity contribution in [3.63, 3.8) is 0 Å². The molecule has 1 saturated carbocycles. The summed E-state index contributed by atoms with van der Waals surface area (Å²) in [7, 11) is -3.27. The number of hydrogen-bond acceptors (Lipinski definition) is 5. The summed E-state index contributed by atoms with van der Waals surface area (Å²) in [6, 6.07) is 16.9. The molecule has 4 rings (SSSR count). The largest absolute Gasteiger partial charge is 0.324 e. The van der Waals surface area contributed by atoms with Crippen molar-refractivity contribution in [2.24, 2.45) is 0 Å². The van der Waals surface area contributed by atoms with Gasteiger partial charge in [-0.25, -0.2) is 8.42 Å². The molecule has 3 aromatic rings. The molecule has 0 spiro atoms. The van der Waals surface area contributed by atoms with Gasteiger partial charge in [-0.1, -0.05) is 42.8 Å². The molecule has 0 radical (unpaired) electrons. The number of nitrogens with one attached hydrogen (secondary N) is 1. The van der Waals surface area contributed by atoms with Crippen molar-refractivity contribution in [2.45, 2.75) is 36.5 Å². The molecule has 0 atom stereocenters. The van der Waals surface area contributed by atoms with E-state index in [0.29, 0.717) is 22.0 Å². The minimum absolute atomic E-state index is 0.0269. The van der Waals surface area contributed by atoms with Crippen LogP contribution >= 0.6 is 11.6 Å². The van der Waals surface area contributed by atoms with Crippen LogP contribution in [0.1, 0.15) is 41.4 Å². The number of ketones is 1. The zero-order chi connectivity index (χ0) is 23.6. The second kappa shape index (κ2) is 9.08. The highest BCUT2D eigenvalue weighted by Gasteiger charge is 2.51. The highest BCUT2D eigenvalue weighted by molar-refractivity contribution is 7.91. The van der Waals surface area contributed by atoms with E-state index in [9.17, 15) is 18.0 Å². The molecule has 8 heteroatoms. The minimum atomic E-state index is -3.27. The van der Waals surface area contributed by atoms with E-state index in [4.69, 9.17) is 11.6 Å². The summed E-state index contributed by atoms with van der Waals surface area (Å²) < 4.78 is 23.8. The number of rotatable bonds is 8. The third-order valence-corrected chi connectivity index (χ3v) is 7.89. The lowest BCUT2D eigenvalue weighted by molar-refractivity contribution is -0.115. The Labute approximate surface area is 197 Å². The Kier molecular flexibility index (Phi) is 6.36. The van der Waals surface area contributed by atoms with Gasteiger partial charge in [0.05, 0.1) is 34.4 Å². The standard InChI is InChI=1S/C25H23ClN2O4S/c1-2-33(31,32)21-10-3-17(4-11-21)15-23(29)28-20-9-12-22(27-16-20)24(30)25(13-14-25)18-5-7-19(26)8-6-18/h3-12,16H,2,13-15H2,1H3,(H,28,29). The number of amides is 1. The zero-order valence-electron chi connectivity index (χ0n) is 18.0. The fraction of sp³-hybridized carbons (Fsp3) is 0.240. The molecule has 0 saturated heterocycles. The lowest BCUT2D eigenvalue weighted by Gasteiger charge is -2.14. The molecule has 1 fully saturated rings. The highest BCUT2D eigenvalue weighted by atomic mass is 35.5. The summed E-state index contributed by atoms with van der Waals surface area (Å²) in [5.41, 5.74) is 1.93. The van der Waals surface area contributed by atoms with Gasteiger partial charge in [0.25, 0.3) is 0 Å². The smallest absolute Gasteiger partial charge is 0.228 e. The number of hydrogen-bond donors (Lipinski definition) is 1. The van der Waals surface area contributed by atoms with Crippen LogP contribution in [0.4, 0.5) is 5.69 Å². The maximum Gasteiger partial charge on any atom is 0.228 e. The van der Waals surface area contributed by atoms with E-state index in [-0.39, 0.29) is 28.8 Å². The van der Waals surface area contributed by atoms with Gasteiger partial charge in [0.1, 0.15) is 5.69 Å². The van der Waals surface area contributed by atoms with Crippen molar-refractivity contribution in [3.8, 4) is 0 Å². The normalized spacial score (nSPS) is 14.5. The van der Waals surface area contributed by atoms with Crippen molar-refractivity contribution in [2.75, 3.05) is 11.1 Å². The Bertz CT molecular complexity index is 1280. The minimum Gasteiger partial charge on any atom is -0.324 e. The van der Waals surface area contributed by atoms with Crippen LogP contribution in [0.25, 0.3) is 0 Å². The predicted molar refractivity (Wildman–Crippen MR) is 127 cm³/mol. The monoisotopic (exact) mass is 482 g/mol. The molecule has 1 heterocycles. The number of pyridine rings is 1. The molecule has 1 aliphatic rings. The fourth-order valence-electron chi connectivity index (χ4n) is 3.76. The SMILES string of the molecule is CCS(=O)(=O)c1ccc(CC(=O)Nc2ccc(C(=O)C3(c4ccc(Cl)cc4)CC3)nc2)cc1. The second-order valence-corrected chi connectivity index (χ2v) is 10.8. The molecule has 1 N–H and O–H groups in total. The van der Waals surface area contributed by atoms with Crippen molar-refractivity contribution in [1.82, 2.24) is 4.98 Å². The molecule has 0 unspecified atom stereocenters. The number of sulfone groups is 1. The van der Waals surface area contributed by atoms with Crippen molar-refractivity contribution >= 4 is 38.8 Å². The summed E-state index contributed by atoms with van der Waals surface area (Å²) in [5.74, 6) is -0.272. The Hall–Kier alpha value is -3.03. The molecule has 6 nitrogen and oxygen atoms in total. The van der Waals surface area contributed by atoms with E-state index in [1.807, 2.05) is 12.1 Å². The van der Waals surface area contributed by atoms with Crippen LogP contribution < -0.4 is 5.32 Å². The maximum absolute atomic E-state index is 13.1. The van der Waals surface area contributed by atoms with Crippen molar-refractivity contribution in [1.29, 1.82) is 0 Å². The molecule has 2 aromatic carbocycles. The fourth-order valence-corrected chi connectivity index (χ4v) is 4.77. The summed E-state index contributed by atoms with van der Waals surface area (Å²) in [5, 5.41) is 3.39. The molecule has 0 aliphatic heterocycles. The molecule has 170 valence electrons. The van der Waals surface area contributed by atoms with Gasteiger partial charge in [0.15, 0.2) is 15.6 Å². The number of aromatic nitrogens is 1. The van der Waals surface area contributed by atoms with Crippen LogP contribution in [0, 0.1) is 0 Å². The molecule has 1 aliphatic carbocycles. The molecule has 33 heavy (non-hydrogen) atoms. The van der Waals surface area contributed by atoms with Gasteiger partial charge in [-0.2, -0.15) is 0 Å². The number of anilines is 1. The summed E-state index contributed by atoms with van der Waals surface area (Å²) in [6.45, 7) is 1.59. The van der Waals surface area contributed by atoms with E-state index in [1.165, 1.54) is 18.3 Å². The summed E-state index contributed by atoms with van der Waals surface area (Å²) in [6.07, 6.45) is 3.10. The van der Waals surface area contributed by atoms with E-state index >= 15 is 0 Å². The van der Waals surface area contributed by atoms with Crippen LogP contribution in [0.15, 0.2) is 71.8 Å². The van der Waals surface area contributed by atoms with Crippen LogP contribution in [-0.4, -0.2) is 30.8 Å². The maximum atomic E-state index is 13.1. The third-order valence-electron chi connectivity index (χ3n) is 5.89. The first-order chi connectivity index (χ1) is 15.7. The summed E-state index contributed by atoms with van der Waals surface area (Å²) in [4.78, 5) is 30.0. The average Bonchev–Trinajstić information content (AvgIpc) is 3.62. The Morgan fingerprint density at radius 3 is 2.21 bits per heavy atom. The van der Waals surface area contributed by atoms with Crippen LogP contribution in [0.3, 0.4) is 0 Å². The third kappa shape index (κ3) is 4.99. The van der Waals surface area contributed by atoms with Crippen LogP contribution in [-0.2, 0) is 26.5 Å². The first-order valence-corrected chi connectivity index (χ1v) is 12.6. The van der Waals surface area contributed by atoms with E-state index < -0.39 is 15.3 Å². The molecular weight excluding hydrogens is 460 g/mol. The van der Waals surface area contributed by atoms with E-state index in [1.54, 1.807) is 43.3 Å².